The number of aryl methyl sites for hydroxylation is 1. The smallest absolute Gasteiger partial charge is 0.328 e. The van der Waals surface area contributed by atoms with Gasteiger partial charge in [0.1, 0.15) is 0 Å². The monoisotopic (exact) mass is 449 g/mol. The van der Waals surface area contributed by atoms with Crippen molar-refractivity contribution in [3.8, 4) is 0 Å². The predicted molar refractivity (Wildman–Crippen MR) is 131 cm³/mol. The van der Waals surface area contributed by atoms with Gasteiger partial charge in [0.15, 0.2) is 0 Å². The lowest BCUT2D eigenvalue weighted by molar-refractivity contribution is 0.0951. The van der Waals surface area contributed by atoms with Crippen LogP contribution < -0.4 is 21.5 Å². The number of carbonyl (C=O) groups excluding carboxylic acids is 1. The minimum atomic E-state index is -0.463. The zero-order valence-electron chi connectivity index (χ0n) is 19.3. The molecule has 1 aromatic heterocycles. The van der Waals surface area contributed by atoms with Crippen LogP contribution in [0, 0.1) is 6.92 Å². The number of rotatable bonds is 7. The topological polar surface area (TPSA) is 90.4 Å². The number of fused-ring (bicyclic) bond motifs is 1. The first-order valence-electron chi connectivity index (χ1n) is 11.6. The first kappa shape index (κ1) is 22.8. The zero-order valence-corrected chi connectivity index (χ0v) is 19.3. The van der Waals surface area contributed by atoms with Gasteiger partial charge in [0.2, 0.25) is 0 Å². The fraction of sp³-hybridized carbons (Fsp3) is 0.400. The van der Waals surface area contributed by atoms with Crippen LogP contribution in [0.1, 0.15) is 29.3 Å². The van der Waals surface area contributed by atoms with Gasteiger partial charge in [0.05, 0.1) is 10.9 Å². The number of piperazine rings is 1. The van der Waals surface area contributed by atoms with E-state index in [-0.39, 0.29) is 11.5 Å². The highest BCUT2D eigenvalue weighted by molar-refractivity contribution is 5.97. The molecule has 0 bridgehead atoms. The Morgan fingerprint density at radius 1 is 1.06 bits per heavy atom. The maximum absolute atomic E-state index is 12.6. The molecule has 1 aliphatic rings. The molecule has 4 rings (SSSR count). The molecular weight excluding hydrogens is 418 g/mol. The normalized spacial score (nSPS) is 14.5. The largest absolute Gasteiger partial charge is 0.369 e. The van der Waals surface area contributed by atoms with Crippen molar-refractivity contribution in [1.29, 1.82) is 0 Å². The highest BCUT2D eigenvalue weighted by Crippen LogP contribution is 2.17. The lowest BCUT2D eigenvalue weighted by Gasteiger charge is -2.36. The summed E-state index contributed by atoms with van der Waals surface area (Å²) in [6.45, 7) is 9.70. The van der Waals surface area contributed by atoms with Gasteiger partial charge in [-0.3, -0.25) is 19.1 Å². The summed E-state index contributed by atoms with van der Waals surface area (Å²) in [5.74, 6) is -0.207. The Labute approximate surface area is 192 Å². The Morgan fingerprint density at radius 3 is 2.58 bits per heavy atom. The summed E-state index contributed by atoms with van der Waals surface area (Å²) >= 11 is 0. The van der Waals surface area contributed by atoms with Crippen LogP contribution in [0.15, 0.2) is 52.1 Å². The Kier molecular flexibility index (Phi) is 6.93. The molecule has 1 amide bonds. The summed E-state index contributed by atoms with van der Waals surface area (Å²) in [7, 11) is 0. The van der Waals surface area contributed by atoms with Crippen LogP contribution in [0.2, 0.25) is 0 Å². The van der Waals surface area contributed by atoms with E-state index < -0.39 is 5.69 Å². The second-order valence-corrected chi connectivity index (χ2v) is 8.52. The van der Waals surface area contributed by atoms with E-state index in [0.29, 0.717) is 29.6 Å². The zero-order chi connectivity index (χ0) is 23.4. The summed E-state index contributed by atoms with van der Waals surface area (Å²) in [6, 6.07) is 13.4. The average molecular weight is 450 g/mol. The number of benzene rings is 2. The Bertz CT molecular complexity index is 1250. The van der Waals surface area contributed by atoms with Crippen molar-refractivity contribution in [3.63, 3.8) is 0 Å². The minimum Gasteiger partial charge on any atom is -0.369 e. The molecule has 0 unspecified atom stereocenters. The molecule has 8 nitrogen and oxygen atoms in total. The van der Waals surface area contributed by atoms with Crippen molar-refractivity contribution in [3.05, 3.63) is 74.4 Å². The fourth-order valence-electron chi connectivity index (χ4n) is 4.34. The van der Waals surface area contributed by atoms with E-state index in [1.165, 1.54) is 11.3 Å². The molecule has 3 aromatic rings. The van der Waals surface area contributed by atoms with Gasteiger partial charge in [-0.1, -0.05) is 12.1 Å². The SMILES string of the molecule is CCn1c(=O)[nH]c2cc(C(=O)NCCCN3CCN(c4cccc(C)c4)CC3)ccc2c1=O. The highest BCUT2D eigenvalue weighted by atomic mass is 16.2. The van der Waals surface area contributed by atoms with Gasteiger partial charge < -0.3 is 15.2 Å². The molecule has 1 fully saturated rings. The number of carbonyl (C=O) groups is 1. The molecule has 8 heteroatoms. The molecule has 0 atom stereocenters. The maximum Gasteiger partial charge on any atom is 0.328 e. The second-order valence-electron chi connectivity index (χ2n) is 8.52. The summed E-state index contributed by atoms with van der Waals surface area (Å²) in [5, 5.41) is 3.35. The number of nitrogens with one attached hydrogen (secondary N) is 2. The van der Waals surface area contributed by atoms with E-state index in [9.17, 15) is 14.4 Å². The van der Waals surface area contributed by atoms with E-state index in [1.54, 1.807) is 25.1 Å². The van der Waals surface area contributed by atoms with Gasteiger partial charge in [-0.2, -0.15) is 0 Å². The molecule has 1 aliphatic heterocycles. The Balaban J connectivity index is 1.26. The van der Waals surface area contributed by atoms with Crippen LogP contribution in [-0.2, 0) is 6.54 Å². The van der Waals surface area contributed by atoms with Gasteiger partial charge in [-0.15, -0.1) is 0 Å². The summed E-state index contributed by atoms with van der Waals surface area (Å²) in [4.78, 5) is 44.5. The maximum atomic E-state index is 12.6. The minimum absolute atomic E-state index is 0.207. The lowest BCUT2D eigenvalue weighted by atomic mass is 10.1. The van der Waals surface area contributed by atoms with Crippen molar-refractivity contribution in [1.82, 2.24) is 19.8 Å². The van der Waals surface area contributed by atoms with Crippen molar-refractivity contribution in [2.45, 2.75) is 26.8 Å². The van der Waals surface area contributed by atoms with E-state index in [0.717, 1.165) is 43.7 Å². The number of aromatic nitrogens is 2. The van der Waals surface area contributed by atoms with Gasteiger partial charge in [-0.25, -0.2) is 4.79 Å². The van der Waals surface area contributed by atoms with Crippen molar-refractivity contribution in [2.75, 3.05) is 44.2 Å². The summed E-state index contributed by atoms with van der Waals surface area (Å²) in [5.41, 5.74) is 2.57. The third kappa shape index (κ3) is 5.17. The van der Waals surface area contributed by atoms with E-state index in [1.807, 2.05) is 0 Å². The first-order chi connectivity index (χ1) is 16.0. The van der Waals surface area contributed by atoms with Gasteiger partial charge in [0, 0.05) is 50.5 Å². The fourth-order valence-corrected chi connectivity index (χ4v) is 4.34. The number of amides is 1. The Hall–Kier alpha value is -3.39. The standard InChI is InChI=1S/C25H31N5O3/c1-3-30-24(32)21-9-8-19(17-22(21)27-25(30)33)23(31)26-10-5-11-28-12-14-29(15-13-28)20-7-4-6-18(2)16-20/h4,6-9,16-17H,3,5,10-15H2,1-2H3,(H,26,31)(H,27,33). The van der Waals surface area contributed by atoms with Crippen LogP contribution in [0.25, 0.3) is 10.9 Å². The van der Waals surface area contributed by atoms with Gasteiger partial charge >= 0.3 is 5.69 Å². The number of hydrogen-bond donors (Lipinski definition) is 2. The number of hydrogen-bond acceptors (Lipinski definition) is 5. The van der Waals surface area contributed by atoms with E-state index in [2.05, 4.69) is 51.3 Å². The van der Waals surface area contributed by atoms with Crippen molar-refractivity contribution in [2.24, 2.45) is 0 Å². The van der Waals surface area contributed by atoms with Crippen molar-refractivity contribution < 1.29 is 4.79 Å². The number of aromatic amines is 1. The molecule has 0 spiro atoms. The molecular formula is C25H31N5O3. The van der Waals surface area contributed by atoms with Crippen LogP contribution >= 0.6 is 0 Å². The lowest BCUT2D eigenvalue weighted by Crippen LogP contribution is -2.47. The molecule has 2 aromatic carbocycles. The average Bonchev–Trinajstić information content (AvgIpc) is 2.82. The molecule has 33 heavy (non-hydrogen) atoms. The van der Waals surface area contributed by atoms with Crippen LogP contribution in [-0.4, -0.2) is 59.6 Å². The van der Waals surface area contributed by atoms with Crippen LogP contribution in [0.4, 0.5) is 5.69 Å². The molecule has 1 saturated heterocycles. The van der Waals surface area contributed by atoms with E-state index >= 15 is 0 Å². The number of anilines is 1. The molecule has 174 valence electrons. The third-order valence-corrected chi connectivity index (χ3v) is 6.24. The molecule has 2 N–H and O–H groups in total. The second kappa shape index (κ2) is 10.0. The van der Waals surface area contributed by atoms with Gasteiger partial charge in [0.25, 0.3) is 11.5 Å². The summed E-state index contributed by atoms with van der Waals surface area (Å²) < 4.78 is 1.14. The predicted octanol–water partition coefficient (Wildman–Crippen LogP) is 1.96. The van der Waals surface area contributed by atoms with Crippen molar-refractivity contribution >= 4 is 22.5 Å². The first-order valence-corrected chi connectivity index (χ1v) is 11.6. The van der Waals surface area contributed by atoms with Crippen LogP contribution in [0.5, 0.6) is 0 Å². The molecule has 0 saturated carbocycles. The quantitative estimate of drug-likeness (QED) is 0.538. The number of H-pyrrole nitrogens is 1. The highest BCUT2D eigenvalue weighted by Gasteiger charge is 2.17. The van der Waals surface area contributed by atoms with Crippen LogP contribution in [0.3, 0.4) is 0 Å². The summed E-state index contributed by atoms with van der Waals surface area (Å²) in [6.07, 6.45) is 0.863. The van der Waals surface area contributed by atoms with Gasteiger partial charge in [-0.05, 0) is 62.7 Å². The molecule has 0 radical (unpaired) electrons. The molecule has 2 heterocycles. The third-order valence-electron chi connectivity index (χ3n) is 6.24. The Morgan fingerprint density at radius 2 is 1.85 bits per heavy atom. The van der Waals surface area contributed by atoms with E-state index in [4.69, 9.17) is 0 Å². The molecule has 0 aliphatic carbocycles. The number of nitrogens with zero attached hydrogens (tertiary/aromatic N) is 3.